The molecule has 6 nitrogen and oxygen atoms in total. The summed E-state index contributed by atoms with van der Waals surface area (Å²) in [5.41, 5.74) is 3.80. The van der Waals surface area contributed by atoms with Crippen molar-refractivity contribution < 1.29 is 4.79 Å². The molecule has 1 amide bonds. The maximum atomic E-state index is 12.4. The Morgan fingerprint density at radius 3 is 2.85 bits per heavy atom. The van der Waals surface area contributed by atoms with Gasteiger partial charge in [-0.15, -0.1) is 0 Å². The van der Waals surface area contributed by atoms with Crippen molar-refractivity contribution in [2.75, 3.05) is 6.54 Å². The van der Waals surface area contributed by atoms with Gasteiger partial charge in [-0.25, -0.2) is 0 Å². The van der Waals surface area contributed by atoms with E-state index >= 15 is 0 Å². The van der Waals surface area contributed by atoms with Crippen LogP contribution in [-0.2, 0) is 26.1 Å². The molecule has 0 saturated heterocycles. The first kappa shape index (κ1) is 18.2. The molecule has 27 heavy (non-hydrogen) atoms. The van der Waals surface area contributed by atoms with Gasteiger partial charge < -0.3 is 5.32 Å². The summed E-state index contributed by atoms with van der Waals surface area (Å²) in [6, 6.07) is 6.51. The number of carbonyl (C=O) groups excluding carboxylic acids is 1. The number of hydrogen-bond acceptors (Lipinski definition) is 4. The second-order valence-electron chi connectivity index (χ2n) is 7.68. The summed E-state index contributed by atoms with van der Waals surface area (Å²) < 4.78 is 2.11. The van der Waals surface area contributed by atoms with Gasteiger partial charge in [-0.05, 0) is 37.5 Å². The third-order valence-electron chi connectivity index (χ3n) is 5.84. The minimum atomic E-state index is -0.0677. The molecule has 0 aromatic carbocycles. The van der Waals surface area contributed by atoms with Crippen LogP contribution in [0.2, 0.25) is 0 Å². The van der Waals surface area contributed by atoms with E-state index in [0.717, 1.165) is 43.5 Å². The molecule has 2 aromatic rings. The van der Waals surface area contributed by atoms with E-state index in [1.807, 2.05) is 13.0 Å². The van der Waals surface area contributed by atoms with Crippen molar-refractivity contribution in [3.05, 3.63) is 47.0 Å². The molecule has 1 N–H and O–H groups in total. The van der Waals surface area contributed by atoms with Crippen LogP contribution in [0.15, 0.2) is 24.4 Å². The van der Waals surface area contributed by atoms with E-state index < -0.39 is 0 Å². The molecular formula is C21H29N5O. The number of aryl methyl sites for hydroxylation is 1. The smallest absolute Gasteiger partial charge is 0.251 e. The van der Waals surface area contributed by atoms with Gasteiger partial charge in [0.1, 0.15) is 0 Å². The predicted octanol–water partition coefficient (Wildman–Crippen LogP) is 2.92. The molecule has 0 radical (unpaired) electrons. The predicted molar refractivity (Wildman–Crippen MR) is 104 cm³/mol. The van der Waals surface area contributed by atoms with Gasteiger partial charge in [0, 0.05) is 36.6 Å². The highest BCUT2D eigenvalue weighted by atomic mass is 16.1. The highest BCUT2D eigenvalue weighted by Crippen LogP contribution is 2.26. The zero-order chi connectivity index (χ0) is 18.6. The standard InChI is InChI=1S/C21H29N5O/c1-2-17-12-16(8-9-22-17)21(27)23-14-18-13-20-15-25(10-11-26(20)24-18)19-6-4-3-5-7-19/h8-9,12-13,19H,2-7,10-11,14-15H2,1H3,(H,23,27). The normalized spacial score (nSPS) is 18.3. The Kier molecular flexibility index (Phi) is 5.53. The van der Waals surface area contributed by atoms with Crippen LogP contribution < -0.4 is 5.32 Å². The Hall–Kier alpha value is -2.21. The molecule has 1 aliphatic heterocycles. The number of amides is 1. The molecule has 144 valence electrons. The van der Waals surface area contributed by atoms with E-state index in [1.54, 1.807) is 12.3 Å². The zero-order valence-electron chi connectivity index (χ0n) is 16.2. The summed E-state index contributed by atoms with van der Waals surface area (Å²) >= 11 is 0. The number of fused-ring (bicyclic) bond motifs is 1. The minimum absolute atomic E-state index is 0.0677. The fourth-order valence-corrected chi connectivity index (χ4v) is 4.28. The van der Waals surface area contributed by atoms with Crippen molar-refractivity contribution in [2.24, 2.45) is 0 Å². The van der Waals surface area contributed by atoms with Crippen LogP contribution in [-0.4, -0.2) is 38.2 Å². The molecule has 4 rings (SSSR count). The minimum Gasteiger partial charge on any atom is -0.346 e. The fourth-order valence-electron chi connectivity index (χ4n) is 4.28. The van der Waals surface area contributed by atoms with Gasteiger partial charge in [-0.2, -0.15) is 5.10 Å². The molecule has 0 unspecified atom stereocenters. The van der Waals surface area contributed by atoms with E-state index in [4.69, 9.17) is 5.10 Å². The summed E-state index contributed by atoms with van der Waals surface area (Å²) in [6.45, 7) is 5.52. The molecule has 6 heteroatoms. The summed E-state index contributed by atoms with van der Waals surface area (Å²) in [5.74, 6) is -0.0677. The monoisotopic (exact) mass is 367 g/mol. The Morgan fingerprint density at radius 2 is 2.04 bits per heavy atom. The fraction of sp³-hybridized carbons (Fsp3) is 0.571. The molecule has 1 fully saturated rings. The van der Waals surface area contributed by atoms with Crippen LogP contribution >= 0.6 is 0 Å². The second-order valence-corrected chi connectivity index (χ2v) is 7.68. The van der Waals surface area contributed by atoms with Gasteiger partial charge in [0.2, 0.25) is 0 Å². The SMILES string of the molecule is CCc1cc(C(=O)NCc2cc3n(n2)CCN(C2CCCCC2)C3)ccn1. The van der Waals surface area contributed by atoms with Crippen LogP contribution in [0.3, 0.4) is 0 Å². The lowest BCUT2D eigenvalue weighted by Gasteiger charge is -2.36. The average Bonchev–Trinajstić information content (AvgIpc) is 3.14. The van der Waals surface area contributed by atoms with Crippen molar-refractivity contribution in [1.82, 2.24) is 25.0 Å². The van der Waals surface area contributed by atoms with Crippen molar-refractivity contribution in [2.45, 2.75) is 71.1 Å². The molecule has 1 aliphatic carbocycles. The first-order valence-corrected chi connectivity index (χ1v) is 10.3. The summed E-state index contributed by atoms with van der Waals surface area (Å²) in [6.07, 6.45) is 9.32. The van der Waals surface area contributed by atoms with E-state index in [1.165, 1.54) is 37.8 Å². The van der Waals surface area contributed by atoms with E-state index in [9.17, 15) is 4.79 Å². The lowest BCUT2D eigenvalue weighted by atomic mass is 9.94. The number of pyridine rings is 1. The van der Waals surface area contributed by atoms with Crippen molar-refractivity contribution in [1.29, 1.82) is 0 Å². The molecule has 2 aromatic heterocycles. The van der Waals surface area contributed by atoms with Crippen LogP contribution in [0.25, 0.3) is 0 Å². The highest BCUT2D eigenvalue weighted by molar-refractivity contribution is 5.94. The first-order valence-electron chi connectivity index (χ1n) is 10.3. The van der Waals surface area contributed by atoms with Crippen LogP contribution in [0.5, 0.6) is 0 Å². The van der Waals surface area contributed by atoms with Crippen molar-refractivity contribution in [3.8, 4) is 0 Å². The van der Waals surface area contributed by atoms with Gasteiger partial charge >= 0.3 is 0 Å². The van der Waals surface area contributed by atoms with Gasteiger partial charge in [0.15, 0.2) is 0 Å². The number of hydrogen-bond donors (Lipinski definition) is 1. The molecule has 3 heterocycles. The Labute approximate surface area is 161 Å². The largest absolute Gasteiger partial charge is 0.346 e. The van der Waals surface area contributed by atoms with Crippen molar-refractivity contribution >= 4 is 5.91 Å². The van der Waals surface area contributed by atoms with E-state index in [0.29, 0.717) is 12.1 Å². The van der Waals surface area contributed by atoms with Crippen molar-refractivity contribution in [3.63, 3.8) is 0 Å². The van der Waals surface area contributed by atoms with Gasteiger partial charge in [-0.3, -0.25) is 19.4 Å². The third-order valence-corrected chi connectivity index (χ3v) is 5.84. The van der Waals surface area contributed by atoms with Crippen LogP contribution in [0.4, 0.5) is 0 Å². The summed E-state index contributed by atoms with van der Waals surface area (Å²) in [5, 5.41) is 7.69. The Bertz CT molecular complexity index is 794. The van der Waals surface area contributed by atoms with Crippen LogP contribution in [0.1, 0.15) is 66.5 Å². The Morgan fingerprint density at radius 1 is 1.19 bits per heavy atom. The average molecular weight is 367 g/mol. The lowest BCUT2D eigenvalue weighted by Crippen LogP contribution is -2.42. The molecule has 1 saturated carbocycles. The Balaban J connectivity index is 1.36. The summed E-state index contributed by atoms with van der Waals surface area (Å²) in [4.78, 5) is 19.3. The van der Waals surface area contributed by atoms with Gasteiger partial charge in [0.05, 0.1) is 24.5 Å². The molecule has 0 bridgehead atoms. The number of rotatable bonds is 5. The number of aromatic nitrogens is 3. The maximum Gasteiger partial charge on any atom is 0.251 e. The third kappa shape index (κ3) is 4.21. The molecular weight excluding hydrogens is 338 g/mol. The topological polar surface area (TPSA) is 63.1 Å². The number of carbonyl (C=O) groups is 1. The van der Waals surface area contributed by atoms with Gasteiger partial charge in [-0.1, -0.05) is 26.2 Å². The first-order chi connectivity index (χ1) is 13.2. The van der Waals surface area contributed by atoms with Crippen LogP contribution in [0, 0.1) is 0 Å². The summed E-state index contributed by atoms with van der Waals surface area (Å²) in [7, 11) is 0. The number of nitrogens with one attached hydrogen (secondary N) is 1. The van der Waals surface area contributed by atoms with E-state index in [2.05, 4.69) is 25.9 Å². The quantitative estimate of drug-likeness (QED) is 0.883. The number of nitrogens with zero attached hydrogens (tertiary/aromatic N) is 4. The zero-order valence-corrected chi connectivity index (χ0v) is 16.2. The lowest BCUT2D eigenvalue weighted by molar-refractivity contribution is 0.0950. The van der Waals surface area contributed by atoms with Gasteiger partial charge in [0.25, 0.3) is 5.91 Å². The molecule has 0 atom stereocenters. The maximum absolute atomic E-state index is 12.4. The molecule has 2 aliphatic rings. The molecule has 0 spiro atoms. The highest BCUT2D eigenvalue weighted by Gasteiger charge is 2.26. The second kappa shape index (κ2) is 8.21. The van der Waals surface area contributed by atoms with E-state index in [-0.39, 0.29) is 5.91 Å².